The van der Waals surface area contributed by atoms with Gasteiger partial charge in [-0.1, -0.05) is 6.07 Å². The minimum Gasteiger partial charge on any atom is -0.350 e. The van der Waals surface area contributed by atoms with Gasteiger partial charge in [0.25, 0.3) is 0 Å². The molecule has 0 amide bonds. The Hall–Kier alpha value is -2.08. The molecule has 1 aromatic carbocycles. The van der Waals surface area contributed by atoms with Crippen molar-refractivity contribution in [3.8, 4) is 6.07 Å². The van der Waals surface area contributed by atoms with E-state index in [1.807, 2.05) is 23.7 Å². The predicted molar refractivity (Wildman–Crippen MR) is 53.0 cm³/mol. The molecule has 0 atom stereocenters. The molecule has 3 heteroatoms. The summed E-state index contributed by atoms with van der Waals surface area (Å²) < 4.78 is 1.85. The third-order valence-corrected chi connectivity index (χ3v) is 2.29. The molecule has 0 unspecified atom stereocenters. The van der Waals surface area contributed by atoms with Crippen molar-refractivity contribution in [2.75, 3.05) is 0 Å². The first kappa shape index (κ1) is 8.52. The van der Waals surface area contributed by atoms with Crippen molar-refractivity contribution >= 4 is 17.2 Å². The molecule has 0 fully saturated rings. The predicted octanol–water partition coefficient (Wildman–Crippen LogP) is 1.86. The molecule has 1 aromatic heterocycles. The third-order valence-electron chi connectivity index (χ3n) is 2.29. The van der Waals surface area contributed by atoms with Crippen molar-refractivity contribution in [1.82, 2.24) is 4.57 Å². The molecular weight excluding hydrogens is 176 g/mol. The fraction of sp³-hybridized carbons (Fsp3) is 0.0909. The van der Waals surface area contributed by atoms with Gasteiger partial charge >= 0.3 is 0 Å². The van der Waals surface area contributed by atoms with Crippen molar-refractivity contribution in [1.29, 1.82) is 5.26 Å². The Morgan fingerprint density at radius 2 is 2.29 bits per heavy atom. The van der Waals surface area contributed by atoms with Crippen LogP contribution in [0.15, 0.2) is 24.4 Å². The van der Waals surface area contributed by atoms with Crippen LogP contribution in [0.1, 0.15) is 15.9 Å². The molecule has 3 nitrogen and oxygen atoms in total. The SMILES string of the molecule is Cn1cc(C=O)c2c(C#N)cccc21. The second-order valence-electron chi connectivity index (χ2n) is 3.12. The maximum Gasteiger partial charge on any atom is 0.152 e. The Morgan fingerprint density at radius 1 is 1.50 bits per heavy atom. The number of hydrogen-bond acceptors (Lipinski definition) is 2. The highest BCUT2D eigenvalue weighted by Gasteiger charge is 2.09. The molecule has 1 heterocycles. The Kier molecular flexibility index (Phi) is 1.83. The summed E-state index contributed by atoms with van der Waals surface area (Å²) in [5, 5.41) is 9.63. The number of aldehydes is 1. The van der Waals surface area contributed by atoms with E-state index < -0.39 is 0 Å². The largest absolute Gasteiger partial charge is 0.350 e. The van der Waals surface area contributed by atoms with E-state index in [0.717, 1.165) is 17.2 Å². The van der Waals surface area contributed by atoms with Crippen LogP contribution in [-0.4, -0.2) is 10.9 Å². The van der Waals surface area contributed by atoms with E-state index in [4.69, 9.17) is 5.26 Å². The van der Waals surface area contributed by atoms with E-state index in [9.17, 15) is 4.79 Å². The maximum atomic E-state index is 10.8. The second kappa shape index (κ2) is 3.00. The molecule has 0 aliphatic rings. The van der Waals surface area contributed by atoms with Crippen LogP contribution in [0.4, 0.5) is 0 Å². The van der Waals surface area contributed by atoms with Gasteiger partial charge in [-0.3, -0.25) is 4.79 Å². The first-order valence-electron chi connectivity index (χ1n) is 4.21. The van der Waals surface area contributed by atoms with Gasteiger partial charge in [0.15, 0.2) is 6.29 Å². The maximum absolute atomic E-state index is 10.8. The molecule has 0 aliphatic heterocycles. The number of aromatic nitrogens is 1. The van der Waals surface area contributed by atoms with Crippen molar-refractivity contribution in [2.24, 2.45) is 7.05 Å². The standard InChI is InChI=1S/C11H8N2O/c1-13-6-9(7-14)11-8(5-12)3-2-4-10(11)13/h2-4,6-7H,1H3. The molecule has 0 aliphatic carbocycles. The molecule has 2 rings (SSSR count). The zero-order chi connectivity index (χ0) is 10.1. The van der Waals surface area contributed by atoms with Crippen LogP contribution in [0, 0.1) is 11.3 Å². The lowest BCUT2D eigenvalue weighted by molar-refractivity contribution is 0.112. The Bertz CT molecular complexity index is 546. The lowest BCUT2D eigenvalue weighted by Gasteiger charge is -1.96. The zero-order valence-corrected chi connectivity index (χ0v) is 7.69. The highest BCUT2D eigenvalue weighted by atomic mass is 16.1. The molecule has 0 spiro atoms. The Labute approximate surface area is 81.2 Å². The lowest BCUT2D eigenvalue weighted by Crippen LogP contribution is -1.83. The van der Waals surface area contributed by atoms with Crippen LogP contribution in [0.3, 0.4) is 0 Å². The molecule has 0 saturated heterocycles. The number of carbonyl (C=O) groups excluding carboxylic acids is 1. The number of aryl methyl sites for hydroxylation is 1. The number of nitriles is 1. The third kappa shape index (κ3) is 1.01. The normalized spacial score (nSPS) is 10.0. The van der Waals surface area contributed by atoms with E-state index in [1.165, 1.54) is 0 Å². The molecule has 2 aromatic rings. The average Bonchev–Trinajstić information content (AvgIpc) is 2.56. The van der Waals surface area contributed by atoms with Crippen molar-refractivity contribution < 1.29 is 4.79 Å². The molecular formula is C11H8N2O. The smallest absolute Gasteiger partial charge is 0.152 e. The number of hydrogen-bond donors (Lipinski definition) is 0. The van der Waals surface area contributed by atoms with Crippen LogP contribution in [-0.2, 0) is 7.05 Å². The van der Waals surface area contributed by atoms with Gasteiger partial charge in [-0.25, -0.2) is 0 Å². The van der Waals surface area contributed by atoms with E-state index in [0.29, 0.717) is 11.1 Å². The summed E-state index contributed by atoms with van der Waals surface area (Å²) in [5.41, 5.74) is 2.02. The summed E-state index contributed by atoms with van der Waals surface area (Å²) in [6.45, 7) is 0. The Balaban J connectivity index is 2.98. The minimum absolute atomic E-state index is 0.546. The van der Waals surface area contributed by atoms with Gasteiger partial charge in [-0.05, 0) is 12.1 Å². The summed E-state index contributed by atoms with van der Waals surface area (Å²) >= 11 is 0. The van der Waals surface area contributed by atoms with Crippen LogP contribution >= 0.6 is 0 Å². The van der Waals surface area contributed by atoms with Crippen molar-refractivity contribution in [3.63, 3.8) is 0 Å². The summed E-state index contributed by atoms with van der Waals surface area (Å²) in [4.78, 5) is 10.8. The van der Waals surface area contributed by atoms with E-state index in [1.54, 1.807) is 12.3 Å². The summed E-state index contributed by atoms with van der Waals surface area (Å²) in [7, 11) is 1.86. The number of rotatable bonds is 1. The van der Waals surface area contributed by atoms with Crippen LogP contribution in [0.5, 0.6) is 0 Å². The Morgan fingerprint density at radius 3 is 2.93 bits per heavy atom. The highest BCUT2D eigenvalue weighted by molar-refractivity contribution is 6.00. The van der Waals surface area contributed by atoms with Crippen molar-refractivity contribution in [2.45, 2.75) is 0 Å². The van der Waals surface area contributed by atoms with E-state index in [-0.39, 0.29) is 0 Å². The lowest BCUT2D eigenvalue weighted by atomic mass is 10.1. The van der Waals surface area contributed by atoms with Gasteiger partial charge in [0.1, 0.15) is 0 Å². The van der Waals surface area contributed by atoms with Crippen LogP contribution in [0.25, 0.3) is 10.9 Å². The number of fused-ring (bicyclic) bond motifs is 1. The number of carbonyl (C=O) groups is 1. The van der Waals surface area contributed by atoms with Gasteiger partial charge in [0.05, 0.1) is 11.6 Å². The van der Waals surface area contributed by atoms with Crippen LogP contribution in [0.2, 0.25) is 0 Å². The minimum atomic E-state index is 0.546. The van der Waals surface area contributed by atoms with Gasteiger partial charge < -0.3 is 4.57 Å². The second-order valence-corrected chi connectivity index (χ2v) is 3.12. The summed E-state index contributed by atoms with van der Waals surface area (Å²) in [6, 6.07) is 7.51. The monoisotopic (exact) mass is 184 g/mol. The molecule has 68 valence electrons. The fourth-order valence-electron chi connectivity index (χ4n) is 1.66. The van der Waals surface area contributed by atoms with Gasteiger partial charge in [-0.2, -0.15) is 5.26 Å². The number of benzene rings is 1. The number of nitrogens with zero attached hydrogens (tertiary/aromatic N) is 2. The summed E-state index contributed by atoms with van der Waals surface area (Å²) in [5.74, 6) is 0. The van der Waals surface area contributed by atoms with E-state index >= 15 is 0 Å². The zero-order valence-electron chi connectivity index (χ0n) is 7.69. The topological polar surface area (TPSA) is 45.8 Å². The first-order chi connectivity index (χ1) is 6.77. The quantitative estimate of drug-likeness (QED) is 0.635. The van der Waals surface area contributed by atoms with E-state index in [2.05, 4.69) is 6.07 Å². The van der Waals surface area contributed by atoms with Gasteiger partial charge in [-0.15, -0.1) is 0 Å². The van der Waals surface area contributed by atoms with Gasteiger partial charge in [0, 0.05) is 29.7 Å². The average molecular weight is 184 g/mol. The first-order valence-corrected chi connectivity index (χ1v) is 4.21. The van der Waals surface area contributed by atoms with Crippen LogP contribution < -0.4 is 0 Å². The van der Waals surface area contributed by atoms with Gasteiger partial charge in [0.2, 0.25) is 0 Å². The molecule has 0 N–H and O–H groups in total. The summed E-state index contributed by atoms with van der Waals surface area (Å²) in [6.07, 6.45) is 2.52. The highest BCUT2D eigenvalue weighted by Crippen LogP contribution is 2.22. The molecule has 0 radical (unpaired) electrons. The van der Waals surface area contributed by atoms with Crippen molar-refractivity contribution in [3.05, 3.63) is 35.5 Å². The molecule has 0 saturated carbocycles. The molecule has 0 bridgehead atoms. The molecule has 14 heavy (non-hydrogen) atoms. The fourth-order valence-corrected chi connectivity index (χ4v) is 1.66.